The summed E-state index contributed by atoms with van der Waals surface area (Å²) < 4.78 is 7.34. The van der Waals surface area contributed by atoms with Crippen molar-refractivity contribution in [2.75, 3.05) is 32.2 Å². The second kappa shape index (κ2) is 6.11. The van der Waals surface area contributed by atoms with E-state index in [2.05, 4.69) is 33.2 Å². The van der Waals surface area contributed by atoms with Gasteiger partial charge in [-0.05, 0) is 19.3 Å². The Morgan fingerprint density at radius 2 is 2.40 bits per heavy atom. The molecule has 1 N–H and O–H groups in total. The van der Waals surface area contributed by atoms with Gasteiger partial charge in [-0.1, -0.05) is 0 Å². The van der Waals surface area contributed by atoms with Crippen LogP contribution in [0.5, 0.6) is 0 Å². The zero-order chi connectivity index (χ0) is 13.9. The molecule has 0 spiro atoms. The van der Waals surface area contributed by atoms with Crippen LogP contribution < -0.4 is 10.2 Å². The van der Waals surface area contributed by atoms with Crippen molar-refractivity contribution in [3.8, 4) is 0 Å². The van der Waals surface area contributed by atoms with Gasteiger partial charge in [-0.2, -0.15) is 0 Å². The number of hydrogen-bond acceptors (Lipinski definition) is 5. The van der Waals surface area contributed by atoms with Crippen molar-refractivity contribution in [3.63, 3.8) is 0 Å². The van der Waals surface area contributed by atoms with Crippen molar-refractivity contribution in [3.05, 3.63) is 17.3 Å². The quantitative estimate of drug-likeness (QED) is 0.757. The highest BCUT2D eigenvalue weighted by atomic mass is 32.1. The molecule has 0 bridgehead atoms. The second-order valence-corrected chi connectivity index (χ2v) is 6.23. The number of imidazole rings is 1. The molecule has 5 nitrogen and oxygen atoms in total. The van der Waals surface area contributed by atoms with Crippen LogP contribution in [0.25, 0.3) is 4.96 Å². The van der Waals surface area contributed by atoms with Gasteiger partial charge >= 0.3 is 0 Å². The highest BCUT2D eigenvalue weighted by molar-refractivity contribution is 7.15. The monoisotopic (exact) mass is 294 g/mol. The molecule has 0 saturated heterocycles. The molecule has 0 radical (unpaired) electrons. The lowest BCUT2D eigenvalue weighted by Gasteiger charge is -2.18. The summed E-state index contributed by atoms with van der Waals surface area (Å²) in [7, 11) is 3.86. The van der Waals surface area contributed by atoms with Gasteiger partial charge in [-0.3, -0.25) is 4.40 Å². The van der Waals surface area contributed by atoms with E-state index in [9.17, 15) is 0 Å². The SMILES string of the molecule is COCCCN(C)c1nc2sccn2c1CNC1CC1. The minimum Gasteiger partial charge on any atom is -0.385 e. The van der Waals surface area contributed by atoms with Crippen molar-refractivity contribution in [2.24, 2.45) is 0 Å². The van der Waals surface area contributed by atoms with Crippen molar-refractivity contribution in [1.82, 2.24) is 14.7 Å². The van der Waals surface area contributed by atoms with Gasteiger partial charge in [-0.15, -0.1) is 11.3 Å². The maximum atomic E-state index is 5.13. The van der Waals surface area contributed by atoms with Crippen molar-refractivity contribution >= 4 is 22.1 Å². The van der Waals surface area contributed by atoms with Crippen LogP contribution in [0.15, 0.2) is 11.6 Å². The molecule has 2 aromatic heterocycles. The summed E-state index contributed by atoms with van der Waals surface area (Å²) >= 11 is 1.69. The molecule has 0 atom stereocenters. The molecule has 0 aliphatic heterocycles. The standard InChI is InChI=1S/C14H22N4OS/c1-17(6-3-8-19-2)13-12(10-15-11-4-5-11)18-7-9-20-14(18)16-13/h7,9,11,15H,3-6,8,10H2,1-2H3. The molecular weight excluding hydrogens is 272 g/mol. The number of nitrogens with one attached hydrogen (secondary N) is 1. The Kier molecular flexibility index (Phi) is 4.24. The van der Waals surface area contributed by atoms with Crippen LogP contribution >= 0.6 is 11.3 Å². The molecule has 3 rings (SSSR count). The van der Waals surface area contributed by atoms with Crippen LogP contribution in [0.3, 0.4) is 0 Å². The maximum Gasteiger partial charge on any atom is 0.195 e. The number of ether oxygens (including phenoxy) is 1. The molecule has 0 amide bonds. The molecule has 1 aliphatic rings. The number of thiazole rings is 1. The van der Waals surface area contributed by atoms with Gasteiger partial charge in [-0.25, -0.2) is 4.98 Å². The van der Waals surface area contributed by atoms with Crippen LogP contribution in [0, 0.1) is 0 Å². The maximum absolute atomic E-state index is 5.13. The number of rotatable bonds is 8. The number of hydrogen-bond donors (Lipinski definition) is 1. The normalized spacial score (nSPS) is 15.1. The van der Waals surface area contributed by atoms with Crippen LogP contribution in [-0.4, -0.2) is 42.7 Å². The molecule has 110 valence electrons. The summed E-state index contributed by atoms with van der Waals surface area (Å²) in [4.78, 5) is 8.09. The molecule has 20 heavy (non-hydrogen) atoms. The first kappa shape index (κ1) is 13.9. The van der Waals surface area contributed by atoms with E-state index in [1.165, 1.54) is 18.5 Å². The van der Waals surface area contributed by atoms with Crippen LogP contribution in [-0.2, 0) is 11.3 Å². The zero-order valence-corrected chi connectivity index (χ0v) is 12.9. The minimum absolute atomic E-state index is 0.714. The molecule has 0 unspecified atom stereocenters. The highest BCUT2D eigenvalue weighted by Crippen LogP contribution is 2.26. The average Bonchev–Trinajstić information content (AvgIpc) is 3.04. The molecule has 2 heterocycles. The fourth-order valence-corrected chi connectivity index (χ4v) is 3.10. The lowest BCUT2D eigenvalue weighted by atomic mass is 10.3. The van der Waals surface area contributed by atoms with Crippen molar-refractivity contribution in [1.29, 1.82) is 0 Å². The van der Waals surface area contributed by atoms with Crippen LogP contribution in [0.4, 0.5) is 5.82 Å². The molecule has 2 aromatic rings. The Labute approximate surface area is 123 Å². The Hall–Kier alpha value is -1.11. The molecule has 6 heteroatoms. The topological polar surface area (TPSA) is 41.8 Å². The number of anilines is 1. The predicted octanol–water partition coefficient (Wildman–Crippen LogP) is 2.12. The Bertz CT molecular complexity index is 561. The van der Waals surface area contributed by atoms with Crippen LogP contribution in [0.2, 0.25) is 0 Å². The Balaban J connectivity index is 1.76. The third-order valence-corrected chi connectivity index (χ3v) is 4.44. The molecule has 0 aromatic carbocycles. The molecular formula is C14H22N4OS. The number of methoxy groups -OCH3 is 1. The lowest BCUT2D eigenvalue weighted by Crippen LogP contribution is -2.24. The molecule has 1 fully saturated rings. The van der Waals surface area contributed by atoms with Gasteiger partial charge in [0.25, 0.3) is 0 Å². The van der Waals surface area contributed by atoms with Crippen molar-refractivity contribution in [2.45, 2.75) is 31.8 Å². The third kappa shape index (κ3) is 2.97. The summed E-state index contributed by atoms with van der Waals surface area (Å²) in [5.41, 5.74) is 1.27. The Morgan fingerprint density at radius 3 is 3.15 bits per heavy atom. The minimum atomic E-state index is 0.714. The van der Waals surface area contributed by atoms with Gasteiger partial charge < -0.3 is 15.0 Å². The fraction of sp³-hybridized carbons (Fsp3) is 0.643. The number of aromatic nitrogens is 2. The largest absolute Gasteiger partial charge is 0.385 e. The van der Waals surface area contributed by atoms with E-state index in [1.54, 1.807) is 18.4 Å². The number of nitrogens with zero attached hydrogens (tertiary/aromatic N) is 3. The van der Waals surface area contributed by atoms with E-state index in [0.717, 1.165) is 36.9 Å². The lowest BCUT2D eigenvalue weighted by molar-refractivity contribution is 0.196. The first-order valence-electron chi connectivity index (χ1n) is 7.17. The smallest absolute Gasteiger partial charge is 0.195 e. The van der Waals surface area contributed by atoms with Gasteiger partial charge in [0.05, 0.1) is 5.69 Å². The van der Waals surface area contributed by atoms with E-state index in [-0.39, 0.29) is 0 Å². The average molecular weight is 294 g/mol. The summed E-state index contributed by atoms with van der Waals surface area (Å²) in [6, 6.07) is 0.714. The van der Waals surface area contributed by atoms with Gasteiger partial charge in [0.1, 0.15) is 0 Å². The fourth-order valence-electron chi connectivity index (χ4n) is 2.37. The Morgan fingerprint density at radius 1 is 1.55 bits per heavy atom. The second-order valence-electron chi connectivity index (χ2n) is 5.36. The predicted molar refractivity (Wildman–Crippen MR) is 82.7 cm³/mol. The summed E-state index contributed by atoms with van der Waals surface area (Å²) in [5, 5.41) is 5.69. The summed E-state index contributed by atoms with van der Waals surface area (Å²) in [6.45, 7) is 2.66. The zero-order valence-electron chi connectivity index (χ0n) is 12.1. The first-order chi connectivity index (χ1) is 9.79. The highest BCUT2D eigenvalue weighted by Gasteiger charge is 2.23. The third-order valence-electron chi connectivity index (χ3n) is 3.68. The first-order valence-corrected chi connectivity index (χ1v) is 8.05. The number of fused-ring (bicyclic) bond motifs is 1. The molecule has 1 saturated carbocycles. The van der Waals surface area contributed by atoms with Gasteiger partial charge in [0.2, 0.25) is 0 Å². The van der Waals surface area contributed by atoms with Gasteiger partial charge in [0.15, 0.2) is 10.8 Å². The van der Waals surface area contributed by atoms with E-state index in [4.69, 9.17) is 9.72 Å². The van der Waals surface area contributed by atoms with Crippen molar-refractivity contribution < 1.29 is 4.74 Å². The van der Waals surface area contributed by atoms with E-state index in [0.29, 0.717) is 6.04 Å². The summed E-state index contributed by atoms with van der Waals surface area (Å²) in [6.07, 6.45) is 5.76. The summed E-state index contributed by atoms with van der Waals surface area (Å²) in [5.74, 6) is 1.10. The van der Waals surface area contributed by atoms with E-state index in [1.807, 2.05) is 0 Å². The van der Waals surface area contributed by atoms with Crippen LogP contribution in [0.1, 0.15) is 25.0 Å². The van der Waals surface area contributed by atoms with E-state index >= 15 is 0 Å². The molecule has 1 aliphatic carbocycles. The van der Waals surface area contributed by atoms with E-state index < -0.39 is 0 Å². The van der Waals surface area contributed by atoms with Gasteiger partial charge in [0, 0.05) is 51.5 Å².